The molecule has 1 aliphatic heterocycles. The van der Waals surface area contributed by atoms with Crippen molar-refractivity contribution in [2.75, 3.05) is 31.6 Å². The van der Waals surface area contributed by atoms with Gasteiger partial charge in [0, 0.05) is 49.0 Å². The van der Waals surface area contributed by atoms with Crippen LogP contribution in [0.2, 0.25) is 0 Å². The van der Waals surface area contributed by atoms with Crippen molar-refractivity contribution < 1.29 is 14.3 Å². The van der Waals surface area contributed by atoms with Gasteiger partial charge in [-0.2, -0.15) is 0 Å². The van der Waals surface area contributed by atoms with Crippen LogP contribution in [0, 0.1) is 5.92 Å². The second-order valence-corrected chi connectivity index (χ2v) is 12.8. The third kappa shape index (κ3) is 7.74. The van der Waals surface area contributed by atoms with E-state index in [2.05, 4.69) is 44.9 Å². The molecule has 1 saturated heterocycles. The van der Waals surface area contributed by atoms with Crippen molar-refractivity contribution in [3.05, 3.63) is 47.2 Å². The largest absolute Gasteiger partial charge is 0.466 e. The van der Waals surface area contributed by atoms with E-state index >= 15 is 0 Å². The first-order valence-electron chi connectivity index (χ1n) is 14.5. The number of hydrogen-bond acceptors (Lipinski definition) is 7. The number of carbonyl (C=O) groups is 2. The fourth-order valence-electron chi connectivity index (χ4n) is 5.40. The number of anilines is 1. The van der Waals surface area contributed by atoms with Gasteiger partial charge in [0.25, 0.3) is 5.91 Å². The summed E-state index contributed by atoms with van der Waals surface area (Å²) < 4.78 is 5.16. The number of benzene rings is 1. The minimum absolute atomic E-state index is 0.0199. The number of ether oxygens (including phenoxy) is 1. The average Bonchev–Trinajstić information content (AvgIpc) is 2.95. The van der Waals surface area contributed by atoms with Gasteiger partial charge in [-0.1, -0.05) is 63.9 Å². The SMILES string of the molecule is CCOC(=O)C1CCN(C(=O)c2cccc(CSc3nc(N(C)C4CCCCC4)cc(C(C)(C)C)n3)c2)CC1. The molecule has 1 aliphatic carbocycles. The van der Waals surface area contributed by atoms with Crippen LogP contribution in [0.15, 0.2) is 35.5 Å². The zero-order chi connectivity index (χ0) is 28.0. The number of amides is 1. The van der Waals surface area contributed by atoms with Crippen LogP contribution in [-0.4, -0.2) is 59.5 Å². The number of aromatic nitrogens is 2. The number of esters is 1. The highest BCUT2D eigenvalue weighted by Crippen LogP contribution is 2.31. The number of rotatable bonds is 8. The normalized spacial score (nSPS) is 17.2. The van der Waals surface area contributed by atoms with Crippen LogP contribution in [0.3, 0.4) is 0 Å². The summed E-state index contributed by atoms with van der Waals surface area (Å²) in [4.78, 5) is 39.4. The lowest BCUT2D eigenvalue weighted by Crippen LogP contribution is -2.40. The van der Waals surface area contributed by atoms with Gasteiger partial charge in [0.15, 0.2) is 5.16 Å². The van der Waals surface area contributed by atoms with E-state index in [1.54, 1.807) is 11.8 Å². The Balaban J connectivity index is 1.43. The van der Waals surface area contributed by atoms with E-state index in [9.17, 15) is 9.59 Å². The first-order valence-corrected chi connectivity index (χ1v) is 15.4. The maximum absolute atomic E-state index is 13.2. The third-order valence-corrected chi connectivity index (χ3v) is 8.81. The molecule has 0 bridgehead atoms. The highest BCUT2D eigenvalue weighted by atomic mass is 32.2. The second kappa shape index (κ2) is 13.2. The Morgan fingerprint density at radius 2 is 1.77 bits per heavy atom. The number of nitrogens with zero attached hydrogens (tertiary/aromatic N) is 4. The minimum Gasteiger partial charge on any atom is -0.466 e. The summed E-state index contributed by atoms with van der Waals surface area (Å²) in [5.41, 5.74) is 2.73. The molecule has 7 nitrogen and oxygen atoms in total. The number of thioether (sulfide) groups is 1. The quantitative estimate of drug-likeness (QED) is 0.218. The Labute approximate surface area is 238 Å². The smallest absolute Gasteiger partial charge is 0.309 e. The van der Waals surface area contributed by atoms with Crippen LogP contribution in [-0.2, 0) is 20.7 Å². The maximum Gasteiger partial charge on any atom is 0.309 e. The Kier molecular flexibility index (Phi) is 9.91. The summed E-state index contributed by atoms with van der Waals surface area (Å²) in [5.74, 6) is 1.45. The molecule has 2 aliphatic rings. The van der Waals surface area contributed by atoms with Gasteiger partial charge in [-0.25, -0.2) is 9.97 Å². The van der Waals surface area contributed by atoms with Crippen molar-refractivity contribution in [2.24, 2.45) is 5.92 Å². The van der Waals surface area contributed by atoms with Gasteiger partial charge in [0.2, 0.25) is 0 Å². The molecule has 4 rings (SSSR count). The van der Waals surface area contributed by atoms with Crippen LogP contribution in [0.25, 0.3) is 0 Å². The predicted molar refractivity (Wildman–Crippen MR) is 157 cm³/mol. The summed E-state index contributed by atoms with van der Waals surface area (Å²) in [7, 11) is 2.17. The lowest BCUT2D eigenvalue weighted by atomic mass is 9.91. The van der Waals surface area contributed by atoms with Gasteiger partial charge < -0.3 is 14.5 Å². The van der Waals surface area contributed by atoms with Crippen LogP contribution in [0.5, 0.6) is 0 Å². The Hall–Kier alpha value is -2.61. The van der Waals surface area contributed by atoms with Crippen LogP contribution >= 0.6 is 11.8 Å². The van der Waals surface area contributed by atoms with Gasteiger partial charge >= 0.3 is 5.97 Å². The first-order chi connectivity index (χ1) is 18.7. The molecule has 2 fully saturated rings. The monoisotopic (exact) mass is 552 g/mol. The predicted octanol–water partition coefficient (Wildman–Crippen LogP) is 6.25. The maximum atomic E-state index is 13.2. The van der Waals surface area contributed by atoms with E-state index in [1.165, 1.54) is 32.1 Å². The van der Waals surface area contributed by atoms with E-state index in [0.717, 1.165) is 22.2 Å². The molecule has 1 aromatic carbocycles. The molecule has 8 heteroatoms. The summed E-state index contributed by atoms with van der Waals surface area (Å²) >= 11 is 1.62. The van der Waals surface area contributed by atoms with Crippen molar-refractivity contribution >= 4 is 29.5 Å². The Morgan fingerprint density at radius 1 is 1.05 bits per heavy atom. The van der Waals surface area contributed by atoms with Gasteiger partial charge in [0.05, 0.1) is 18.2 Å². The van der Waals surface area contributed by atoms with Crippen LogP contribution in [0.4, 0.5) is 5.82 Å². The molecule has 0 unspecified atom stereocenters. The van der Waals surface area contributed by atoms with E-state index in [-0.39, 0.29) is 23.2 Å². The molecule has 2 aromatic rings. The molecular weight excluding hydrogens is 508 g/mol. The Bertz CT molecular complexity index is 1130. The minimum atomic E-state index is -0.144. The molecule has 1 amide bonds. The van der Waals surface area contributed by atoms with Gasteiger partial charge in [-0.15, -0.1) is 0 Å². The van der Waals surface area contributed by atoms with Crippen molar-refractivity contribution in [2.45, 2.75) is 95.0 Å². The lowest BCUT2D eigenvalue weighted by molar-refractivity contribution is -0.149. The molecule has 39 heavy (non-hydrogen) atoms. The third-order valence-electron chi connectivity index (χ3n) is 7.89. The molecule has 0 spiro atoms. The molecule has 0 atom stereocenters. The number of likely N-dealkylation sites (tertiary alicyclic amines) is 1. The first kappa shape index (κ1) is 29.4. The standard InChI is InChI=1S/C31H44N4O3S/c1-6-38-29(37)23-15-17-35(18-16-23)28(36)24-12-10-11-22(19-24)21-39-30-32-26(31(2,3)4)20-27(33-30)34(5)25-13-8-7-9-14-25/h10-12,19-20,23,25H,6-9,13-18,21H2,1-5H3. The Morgan fingerprint density at radius 3 is 2.44 bits per heavy atom. The highest BCUT2D eigenvalue weighted by Gasteiger charge is 2.29. The number of hydrogen-bond donors (Lipinski definition) is 0. The fraction of sp³-hybridized carbons (Fsp3) is 0.613. The summed E-state index contributed by atoms with van der Waals surface area (Å²) in [6, 6.07) is 10.5. The molecule has 212 valence electrons. The van der Waals surface area contributed by atoms with Gasteiger partial charge in [0.1, 0.15) is 5.82 Å². The molecular formula is C31H44N4O3S. The molecule has 0 radical (unpaired) electrons. The van der Waals surface area contributed by atoms with E-state index < -0.39 is 0 Å². The van der Waals surface area contributed by atoms with E-state index in [0.29, 0.717) is 49.9 Å². The highest BCUT2D eigenvalue weighted by molar-refractivity contribution is 7.98. The molecule has 2 heterocycles. The van der Waals surface area contributed by atoms with Crippen molar-refractivity contribution in [3.8, 4) is 0 Å². The zero-order valence-electron chi connectivity index (χ0n) is 24.2. The summed E-state index contributed by atoms with van der Waals surface area (Å²) in [6.45, 7) is 9.95. The van der Waals surface area contributed by atoms with Crippen molar-refractivity contribution in [1.29, 1.82) is 0 Å². The molecule has 1 saturated carbocycles. The molecule has 1 aromatic heterocycles. The van der Waals surface area contributed by atoms with Gasteiger partial charge in [-0.3, -0.25) is 9.59 Å². The number of piperidine rings is 1. The fourth-order valence-corrected chi connectivity index (χ4v) is 6.20. The summed E-state index contributed by atoms with van der Waals surface area (Å²) in [6.07, 6.45) is 7.64. The van der Waals surface area contributed by atoms with Crippen LogP contribution in [0.1, 0.15) is 94.3 Å². The van der Waals surface area contributed by atoms with Crippen LogP contribution < -0.4 is 4.90 Å². The van der Waals surface area contributed by atoms with Crippen molar-refractivity contribution in [3.63, 3.8) is 0 Å². The lowest BCUT2D eigenvalue weighted by Gasteiger charge is -2.33. The summed E-state index contributed by atoms with van der Waals surface area (Å²) in [5, 5.41) is 0.776. The van der Waals surface area contributed by atoms with Gasteiger partial charge in [-0.05, 0) is 50.3 Å². The molecule has 0 N–H and O–H groups in total. The topological polar surface area (TPSA) is 75.6 Å². The van der Waals surface area contributed by atoms with Crippen molar-refractivity contribution in [1.82, 2.24) is 14.9 Å². The average molecular weight is 553 g/mol. The van der Waals surface area contributed by atoms with E-state index in [1.807, 2.05) is 30.0 Å². The second-order valence-electron chi connectivity index (χ2n) is 11.9. The zero-order valence-corrected chi connectivity index (χ0v) is 25.1. The number of carbonyl (C=O) groups excluding carboxylic acids is 2. The van der Waals surface area contributed by atoms with E-state index in [4.69, 9.17) is 14.7 Å².